The zero-order valence-corrected chi connectivity index (χ0v) is 11.4. The molecule has 0 aromatic heterocycles. The van der Waals surface area contributed by atoms with E-state index in [1.54, 1.807) is 0 Å². The Kier molecular flexibility index (Phi) is 6.32. The predicted molar refractivity (Wildman–Crippen MR) is 70.8 cm³/mol. The molecule has 0 saturated carbocycles. The molecule has 0 radical (unpaired) electrons. The molecule has 1 saturated heterocycles. The Morgan fingerprint density at radius 2 is 2.12 bits per heavy atom. The van der Waals surface area contributed by atoms with Gasteiger partial charge in [-0.05, 0) is 58.4 Å². The van der Waals surface area contributed by atoms with Gasteiger partial charge in [-0.25, -0.2) is 0 Å². The van der Waals surface area contributed by atoms with Crippen molar-refractivity contribution in [2.24, 2.45) is 11.8 Å². The summed E-state index contributed by atoms with van der Waals surface area (Å²) in [4.78, 5) is 2.33. The Morgan fingerprint density at radius 3 is 2.62 bits per heavy atom. The van der Waals surface area contributed by atoms with E-state index in [0.29, 0.717) is 12.0 Å². The highest BCUT2D eigenvalue weighted by Crippen LogP contribution is 2.09. The maximum atomic E-state index is 3.64. The SMILES string of the molecule is CC(C)C(CNCC1CCCNC1)N(C)C. The van der Waals surface area contributed by atoms with E-state index in [0.717, 1.165) is 12.5 Å². The number of likely N-dealkylation sites (N-methyl/N-ethyl adjacent to an activating group) is 1. The van der Waals surface area contributed by atoms with E-state index in [-0.39, 0.29) is 0 Å². The molecular weight excluding hydrogens is 198 g/mol. The minimum Gasteiger partial charge on any atom is -0.316 e. The molecule has 3 heteroatoms. The number of hydrogen-bond donors (Lipinski definition) is 2. The first kappa shape index (κ1) is 13.9. The molecule has 3 nitrogen and oxygen atoms in total. The van der Waals surface area contributed by atoms with Gasteiger partial charge in [0.15, 0.2) is 0 Å². The van der Waals surface area contributed by atoms with Gasteiger partial charge >= 0.3 is 0 Å². The lowest BCUT2D eigenvalue weighted by atomic mass is 9.99. The van der Waals surface area contributed by atoms with Gasteiger partial charge in [0.25, 0.3) is 0 Å². The lowest BCUT2D eigenvalue weighted by molar-refractivity contribution is 0.219. The summed E-state index contributed by atoms with van der Waals surface area (Å²) < 4.78 is 0. The number of rotatable bonds is 6. The van der Waals surface area contributed by atoms with Crippen molar-refractivity contribution < 1.29 is 0 Å². The van der Waals surface area contributed by atoms with Crippen LogP contribution in [0.25, 0.3) is 0 Å². The van der Waals surface area contributed by atoms with Gasteiger partial charge in [-0.3, -0.25) is 0 Å². The Morgan fingerprint density at radius 1 is 1.38 bits per heavy atom. The fraction of sp³-hybridized carbons (Fsp3) is 1.00. The predicted octanol–water partition coefficient (Wildman–Crippen LogP) is 1.16. The van der Waals surface area contributed by atoms with Crippen LogP contribution in [0, 0.1) is 11.8 Å². The summed E-state index contributed by atoms with van der Waals surface area (Å²) in [6.45, 7) is 9.29. The van der Waals surface area contributed by atoms with Gasteiger partial charge in [-0.2, -0.15) is 0 Å². The lowest BCUT2D eigenvalue weighted by Gasteiger charge is -2.30. The van der Waals surface area contributed by atoms with Gasteiger partial charge in [-0.15, -0.1) is 0 Å². The van der Waals surface area contributed by atoms with E-state index in [4.69, 9.17) is 0 Å². The van der Waals surface area contributed by atoms with Crippen molar-refractivity contribution >= 4 is 0 Å². The van der Waals surface area contributed by atoms with Gasteiger partial charge in [0, 0.05) is 12.6 Å². The fourth-order valence-corrected chi connectivity index (χ4v) is 2.55. The van der Waals surface area contributed by atoms with Gasteiger partial charge in [-0.1, -0.05) is 13.8 Å². The molecule has 16 heavy (non-hydrogen) atoms. The first-order chi connectivity index (χ1) is 7.61. The van der Waals surface area contributed by atoms with Crippen LogP contribution in [0.15, 0.2) is 0 Å². The van der Waals surface area contributed by atoms with E-state index >= 15 is 0 Å². The molecule has 1 heterocycles. The summed E-state index contributed by atoms with van der Waals surface area (Å²) >= 11 is 0. The Balaban J connectivity index is 2.16. The third-order valence-corrected chi connectivity index (χ3v) is 3.62. The molecule has 2 N–H and O–H groups in total. The van der Waals surface area contributed by atoms with Crippen molar-refractivity contribution in [3.63, 3.8) is 0 Å². The van der Waals surface area contributed by atoms with E-state index in [1.807, 2.05) is 0 Å². The van der Waals surface area contributed by atoms with Crippen LogP contribution < -0.4 is 10.6 Å². The van der Waals surface area contributed by atoms with Gasteiger partial charge in [0.2, 0.25) is 0 Å². The number of hydrogen-bond acceptors (Lipinski definition) is 3. The number of nitrogens with zero attached hydrogens (tertiary/aromatic N) is 1. The van der Waals surface area contributed by atoms with Crippen LogP contribution in [-0.4, -0.2) is 51.2 Å². The van der Waals surface area contributed by atoms with E-state index in [9.17, 15) is 0 Å². The molecule has 0 spiro atoms. The minimum atomic E-state index is 0.650. The van der Waals surface area contributed by atoms with Crippen LogP contribution in [-0.2, 0) is 0 Å². The topological polar surface area (TPSA) is 27.3 Å². The smallest absolute Gasteiger partial charge is 0.0237 e. The normalized spacial score (nSPS) is 24.0. The van der Waals surface area contributed by atoms with Gasteiger partial charge in [0.1, 0.15) is 0 Å². The summed E-state index contributed by atoms with van der Waals surface area (Å²) in [5.74, 6) is 1.55. The van der Waals surface area contributed by atoms with E-state index in [1.165, 1.54) is 32.5 Å². The van der Waals surface area contributed by atoms with Crippen LogP contribution in [0.1, 0.15) is 26.7 Å². The van der Waals surface area contributed by atoms with Gasteiger partial charge < -0.3 is 15.5 Å². The Hall–Kier alpha value is -0.120. The monoisotopic (exact) mass is 227 g/mol. The van der Waals surface area contributed by atoms with E-state index < -0.39 is 0 Å². The summed E-state index contributed by atoms with van der Waals surface area (Å²) in [6, 6.07) is 0.650. The zero-order chi connectivity index (χ0) is 12.0. The van der Waals surface area contributed by atoms with Crippen molar-refractivity contribution in [3.8, 4) is 0 Å². The Labute approximate surface area is 101 Å². The van der Waals surface area contributed by atoms with Crippen molar-refractivity contribution in [2.75, 3.05) is 40.3 Å². The summed E-state index contributed by atoms with van der Waals surface area (Å²) in [7, 11) is 4.35. The van der Waals surface area contributed by atoms with Crippen molar-refractivity contribution in [1.82, 2.24) is 15.5 Å². The minimum absolute atomic E-state index is 0.650. The molecule has 1 rings (SSSR count). The lowest BCUT2D eigenvalue weighted by Crippen LogP contribution is -2.44. The van der Waals surface area contributed by atoms with Crippen LogP contribution in [0.4, 0.5) is 0 Å². The fourth-order valence-electron chi connectivity index (χ4n) is 2.55. The summed E-state index contributed by atoms with van der Waals surface area (Å²) in [6.07, 6.45) is 2.72. The second-order valence-electron chi connectivity index (χ2n) is 5.65. The van der Waals surface area contributed by atoms with Crippen LogP contribution in [0.5, 0.6) is 0 Å². The second kappa shape index (κ2) is 7.25. The van der Waals surface area contributed by atoms with Gasteiger partial charge in [0.05, 0.1) is 0 Å². The van der Waals surface area contributed by atoms with Crippen molar-refractivity contribution in [3.05, 3.63) is 0 Å². The number of nitrogens with one attached hydrogen (secondary N) is 2. The molecule has 0 bridgehead atoms. The van der Waals surface area contributed by atoms with Crippen LogP contribution in [0.3, 0.4) is 0 Å². The first-order valence-electron chi connectivity index (χ1n) is 6.69. The molecule has 0 aliphatic carbocycles. The summed E-state index contributed by atoms with van der Waals surface area (Å²) in [5, 5.41) is 7.10. The maximum Gasteiger partial charge on any atom is 0.0237 e. The number of piperidine rings is 1. The second-order valence-corrected chi connectivity index (χ2v) is 5.65. The molecule has 1 aliphatic heterocycles. The molecular formula is C13H29N3. The maximum absolute atomic E-state index is 3.64. The molecule has 0 amide bonds. The molecule has 1 fully saturated rings. The molecule has 0 aromatic rings. The third-order valence-electron chi connectivity index (χ3n) is 3.62. The largest absolute Gasteiger partial charge is 0.316 e. The molecule has 2 unspecified atom stereocenters. The molecule has 96 valence electrons. The first-order valence-corrected chi connectivity index (χ1v) is 6.69. The highest BCUT2D eigenvalue weighted by atomic mass is 15.1. The average Bonchev–Trinajstić information content (AvgIpc) is 2.24. The van der Waals surface area contributed by atoms with Crippen molar-refractivity contribution in [2.45, 2.75) is 32.7 Å². The average molecular weight is 227 g/mol. The Bertz CT molecular complexity index is 166. The zero-order valence-electron chi connectivity index (χ0n) is 11.4. The molecule has 0 aromatic carbocycles. The van der Waals surface area contributed by atoms with E-state index in [2.05, 4.69) is 43.5 Å². The summed E-state index contributed by atoms with van der Waals surface area (Å²) in [5.41, 5.74) is 0. The highest BCUT2D eigenvalue weighted by Gasteiger charge is 2.17. The molecule has 1 aliphatic rings. The third kappa shape index (κ3) is 4.81. The van der Waals surface area contributed by atoms with Crippen LogP contribution in [0.2, 0.25) is 0 Å². The standard InChI is InChI=1S/C13H29N3/c1-11(2)13(16(3)4)10-15-9-12-6-5-7-14-8-12/h11-15H,5-10H2,1-4H3. The highest BCUT2D eigenvalue weighted by molar-refractivity contribution is 4.76. The molecule has 2 atom stereocenters. The van der Waals surface area contributed by atoms with Crippen molar-refractivity contribution in [1.29, 1.82) is 0 Å². The quantitative estimate of drug-likeness (QED) is 0.713. The van der Waals surface area contributed by atoms with Crippen LogP contribution >= 0.6 is 0 Å².